The second-order valence-electron chi connectivity index (χ2n) is 7.19. The van der Waals surface area contributed by atoms with Crippen molar-refractivity contribution in [2.75, 3.05) is 0 Å². The molecular formula is C21H32O2. The fourth-order valence-corrected chi connectivity index (χ4v) is 4.07. The number of hydrogen-bond acceptors (Lipinski definition) is 1. The van der Waals surface area contributed by atoms with Crippen molar-refractivity contribution in [3.63, 3.8) is 0 Å². The molecule has 2 nitrogen and oxygen atoms in total. The van der Waals surface area contributed by atoms with Crippen LogP contribution >= 0.6 is 0 Å². The molecule has 1 saturated carbocycles. The summed E-state index contributed by atoms with van der Waals surface area (Å²) in [5.41, 5.74) is 2.91. The molecule has 128 valence electrons. The van der Waals surface area contributed by atoms with E-state index in [4.69, 9.17) is 0 Å². The minimum atomic E-state index is -0.601. The van der Waals surface area contributed by atoms with Crippen LogP contribution in [0, 0.1) is 11.8 Å². The van der Waals surface area contributed by atoms with Gasteiger partial charge in [-0.1, -0.05) is 51.0 Å². The van der Waals surface area contributed by atoms with Gasteiger partial charge >= 0.3 is 5.97 Å². The Morgan fingerprint density at radius 2 is 1.74 bits per heavy atom. The number of carboxylic acids is 1. The molecule has 1 aliphatic rings. The standard InChI is InChI=1S/C21H32O2/c1-3-5-7-16-8-10-17(11-9-16)20(6-4-2)18-12-14-19(15-13-18)21(22)23/h8-11,18-20H,3-7,12-15H2,1-2H3,(H,22,23). The van der Waals surface area contributed by atoms with E-state index in [0.29, 0.717) is 11.8 Å². The Labute approximate surface area is 141 Å². The predicted molar refractivity (Wildman–Crippen MR) is 95.8 cm³/mol. The van der Waals surface area contributed by atoms with Crippen molar-refractivity contribution in [2.45, 2.75) is 77.6 Å². The van der Waals surface area contributed by atoms with Crippen LogP contribution in [0.15, 0.2) is 24.3 Å². The van der Waals surface area contributed by atoms with Gasteiger partial charge in [-0.25, -0.2) is 0 Å². The number of rotatable bonds is 8. The summed E-state index contributed by atoms with van der Waals surface area (Å²) in [6.45, 7) is 4.49. The van der Waals surface area contributed by atoms with Crippen molar-refractivity contribution in [2.24, 2.45) is 11.8 Å². The third kappa shape index (κ3) is 5.09. The summed E-state index contributed by atoms with van der Waals surface area (Å²) in [6, 6.07) is 9.26. The monoisotopic (exact) mass is 316 g/mol. The normalized spacial score (nSPS) is 22.7. The number of benzene rings is 1. The summed E-state index contributed by atoms with van der Waals surface area (Å²) >= 11 is 0. The summed E-state index contributed by atoms with van der Waals surface area (Å²) < 4.78 is 0. The molecule has 1 unspecified atom stereocenters. The molecule has 2 heteroatoms. The first kappa shape index (κ1) is 18.0. The minimum Gasteiger partial charge on any atom is -0.481 e. The third-order valence-corrected chi connectivity index (χ3v) is 5.52. The summed E-state index contributed by atoms with van der Waals surface area (Å²) in [7, 11) is 0. The van der Waals surface area contributed by atoms with E-state index in [1.54, 1.807) is 0 Å². The molecule has 0 amide bonds. The Morgan fingerprint density at radius 3 is 2.26 bits per heavy atom. The summed E-state index contributed by atoms with van der Waals surface area (Å²) in [5.74, 6) is 0.558. The number of carboxylic acid groups (broad SMARTS) is 1. The van der Waals surface area contributed by atoms with Gasteiger partial charge in [-0.3, -0.25) is 4.79 Å². The van der Waals surface area contributed by atoms with Crippen LogP contribution in [0.3, 0.4) is 0 Å². The quantitative estimate of drug-likeness (QED) is 0.657. The molecule has 1 aromatic carbocycles. The Balaban J connectivity index is 2.02. The van der Waals surface area contributed by atoms with E-state index >= 15 is 0 Å². The van der Waals surface area contributed by atoms with E-state index in [1.165, 1.54) is 43.2 Å². The summed E-state index contributed by atoms with van der Waals surface area (Å²) in [6.07, 6.45) is 9.95. The van der Waals surface area contributed by atoms with E-state index < -0.39 is 5.97 Å². The van der Waals surface area contributed by atoms with E-state index in [0.717, 1.165) is 25.7 Å². The highest BCUT2D eigenvalue weighted by molar-refractivity contribution is 5.70. The van der Waals surface area contributed by atoms with Gasteiger partial charge in [0.2, 0.25) is 0 Å². The SMILES string of the molecule is CCCCc1ccc(C(CCC)C2CCC(C(=O)O)CC2)cc1. The van der Waals surface area contributed by atoms with Crippen molar-refractivity contribution in [1.29, 1.82) is 0 Å². The molecular weight excluding hydrogens is 284 g/mol. The van der Waals surface area contributed by atoms with Crippen LogP contribution in [0.25, 0.3) is 0 Å². The largest absolute Gasteiger partial charge is 0.481 e. The molecule has 0 aromatic heterocycles. The molecule has 0 bridgehead atoms. The van der Waals surface area contributed by atoms with Crippen LogP contribution in [-0.2, 0) is 11.2 Å². The van der Waals surface area contributed by atoms with Crippen molar-refractivity contribution >= 4 is 5.97 Å². The molecule has 1 aromatic rings. The lowest BCUT2D eigenvalue weighted by molar-refractivity contribution is -0.143. The highest BCUT2D eigenvalue weighted by Crippen LogP contribution is 2.40. The molecule has 0 spiro atoms. The van der Waals surface area contributed by atoms with Crippen LogP contribution in [0.5, 0.6) is 0 Å². The zero-order chi connectivity index (χ0) is 16.7. The molecule has 1 aliphatic carbocycles. The highest BCUT2D eigenvalue weighted by Gasteiger charge is 2.30. The molecule has 0 radical (unpaired) electrons. The van der Waals surface area contributed by atoms with Crippen molar-refractivity contribution in [3.8, 4) is 0 Å². The van der Waals surface area contributed by atoms with E-state index in [-0.39, 0.29) is 5.92 Å². The summed E-state index contributed by atoms with van der Waals surface area (Å²) in [4.78, 5) is 11.2. The first-order valence-electron chi connectivity index (χ1n) is 9.47. The van der Waals surface area contributed by atoms with Crippen LogP contribution in [0.1, 0.15) is 82.3 Å². The fraction of sp³-hybridized carbons (Fsp3) is 0.667. The number of aliphatic carboxylic acids is 1. The van der Waals surface area contributed by atoms with E-state index in [1.807, 2.05) is 0 Å². The third-order valence-electron chi connectivity index (χ3n) is 5.52. The lowest BCUT2D eigenvalue weighted by atomic mass is 9.72. The first-order chi connectivity index (χ1) is 11.2. The highest BCUT2D eigenvalue weighted by atomic mass is 16.4. The van der Waals surface area contributed by atoms with Gasteiger partial charge < -0.3 is 5.11 Å². The zero-order valence-electron chi connectivity index (χ0n) is 14.8. The van der Waals surface area contributed by atoms with Gasteiger partial charge in [0.1, 0.15) is 0 Å². The van der Waals surface area contributed by atoms with Crippen molar-refractivity contribution < 1.29 is 9.90 Å². The van der Waals surface area contributed by atoms with E-state index in [2.05, 4.69) is 38.1 Å². The fourth-order valence-electron chi connectivity index (χ4n) is 4.07. The van der Waals surface area contributed by atoms with Crippen molar-refractivity contribution in [1.82, 2.24) is 0 Å². The average molecular weight is 316 g/mol. The van der Waals surface area contributed by atoms with Gasteiger partial charge in [0.05, 0.1) is 5.92 Å². The Bertz CT molecular complexity index is 469. The first-order valence-corrected chi connectivity index (χ1v) is 9.47. The lowest BCUT2D eigenvalue weighted by Crippen LogP contribution is -2.25. The van der Waals surface area contributed by atoms with Gasteiger partial charge in [0, 0.05) is 0 Å². The number of unbranched alkanes of at least 4 members (excludes halogenated alkanes) is 1. The Kier molecular flexibility index (Phi) is 7.14. The smallest absolute Gasteiger partial charge is 0.306 e. The van der Waals surface area contributed by atoms with Crippen LogP contribution in [0.2, 0.25) is 0 Å². The lowest BCUT2D eigenvalue weighted by Gasteiger charge is -2.33. The molecule has 23 heavy (non-hydrogen) atoms. The molecule has 0 heterocycles. The molecule has 0 saturated heterocycles. The Morgan fingerprint density at radius 1 is 1.09 bits per heavy atom. The second kappa shape index (κ2) is 9.10. The van der Waals surface area contributed by atoms with Crippen LogP contribution in [-0.4, -0.2) is 11.1 Å². The van der Waals surface area contributed by atoms with Gasteiger partial charge in [0.25, 0.3) is 0 Å². The molecule has 0 aliphatic heterocycles. The zero-order valence-corrected chi connectivity index (χ0v) is 14.8. The van der Waals surface area contributed by atoms with Gasteiger partial charge in [0.15, 0.2) is 0 Å². The topological polar surface area (TPSA) is 37.3 Å². The molecule has 2 rings (SSSR count). The minimum absolute atomic E-state index is 0.107. The summed E-state index contributed by atoms with van der Waals surface area (Å²) in [5, 5.41) is 9.18. The van der Waals surface area contributed by atoms with Gasteiger partial charge in [-0.2, -0.15) is 0 Å². The molecule has 1 N–H and O–H groups in total. The molecule has 1 fully saturated rings. The average Bonchev–Trinajstić information content (AvgIpc) is 2.58. The van der Waals surface area contributed by atoms with E-state index in [9.17, 15) is 9.90 Å². The predicted octanol–water partition coefficient (Wildman–Crippen LogP) is 5.80. The molecule has 1 atom stereocenters. The maximum absolute atomic E-state index is 11.2. The maximum atomic E-state index is 11.2. The van der Waals surface area contributed by atoms with Crippen LogP contribution in [0.4, 0.5) is 0 Å². The van der Waals surface area contributed by atoms with Gasteiger partial charge in [-0.05, 0) is 67.9 Å². The maximum Gasteiger partial charge on any atom is 0.306 e. The van der Waals surface area contributed by atoms with Crippen LogP contribution < -0.4 is 0 Å². The van der Waals surface area contributed by atoms with Crippen molar-refractivity contribution in [3.05, 3.63) is 35.4 Å². The van der Waals surface area contributed by atoms with Gasteiger partial charge in [-0.15, -0.1) is 0 Å². The Hall–Kier alpha value is -1.31. The number of hydrogen-bond donors (Lipinski definition) is 1. The number of carbonyl (C=O) groups is 1. The second-order valence-corrected chi connectivity index (χ2v) is 7.19. The number of aryl methyl sites for hydroxylation is 1.